The van der Waals surface area contributed by atoms with Crippen LogP contribution in [0.3, 0.4) is 0 Å². The largest absolute Gasteiger partial charge is 0.493 e. The average molecular weight is 576 g/mol. The highest BCUT2D eigenvalue weighted by atomic mass is 16.5. The van der Waals surface area contributed by atoms with Gasteiger partial charge in [-0.1, -0.05) is 18.2 Å². The van der Waals surface area contributed by atoms with E-state index in [-0.39, 0.29) is 30.2 Å². The molecule has 1 fully saturated rings. The molecule has 0 spiro atoms. The second kappa shape index (κ2) is 14.2. The van der Waals surface area contributed by atoms with Gasteiger partial charge in [0.05, 0.1) is 38.6 Å². The van der Waals surface area contributed by atoms with Gasteiger partial charge in [-0.2, -0.15) is 0 Å². The molecule has 11 nitrogen and oxygen atoms in total. The van der Waals surface area contributed by atoms with E-state index in [2.05, 4.69) is 20.2 Å². The van der Waals surface area contributed by atoms with Crippen molar-refractivity contribution in [2.45, 2.75) is 38.1 Å². The molecule has 2 aliphatic heterocycles. The second-order valence-electron chi connectivity index (χ2n) is 10.4. The van der Waals surface area contributed by atoms with Crippen molar-refractivity contribution in [1.29, 1.82) is 0 Å². The van der Waals surface area contributed by atoms with Crippen molar-refractivity contribution in [3.63, 3.8) is 0 Å². The number of hydrogen-bond donors (Lipinski definition) is 1. The molecule has 3 heterocycles. The van der Waals surface area contributed by atoms with Crippen LogP contribution in [0.4, 0.5) is 0 Å². The van der Waals surface area contributed by atoms with E-state index in [0.717, 1.165) is 17.5 Å². The second-order valence-corrected chi connectivity index (χ2v) is 10.4. The third-order valence-corrected chi connectivity index (χ3v) is 7.38. The summed E-state index contributed by atoms with van der Waals surface area (Å²) in [7, 11) is 3.28. The van der Waals surface area contributed by atoms with Crippen molar-refractivity contribution in [2.24, 2.45) is 0 Å². The zero-order chi connectivity index (χ0) is 29.3. The van der Waals surface area contributed by atoms with Gasteiger partial charge in [-0.25, -0.2) is 4.98 Å². The van der Waals surface area contributed by atoms with Gasteiger partial charge in [0.2, 0.25) is 5.91 Å². The van der Waals surface area contributed by atoms with Crippen LogP contribution in [0.25, 0.3) is 0 Å². The lowest BCUT2D eigenvalue weighted by atomic mass is 10.0. The molecule has 5 rings (SSSR count). The molecule has 0 unspecified atom stereocenters. The van der Waals surface area contributed by atoms with Crippen molar-refractivity contribution in [2.75, 3.05) is 47.0 Å². The van der Waals surface area contributed by atoms with E-state index in [1.54, 1.807) is 19.1 Å². The molecule has 4 bridgehead atoms. The third-order valence-electron chi connectivity index (χ3n) is 7.38. The van der Waals surface area contributed by atoms with Crippen LogP contribution < -0.4 is 14.8 Å². The maximum Gasteiger partial charge on any atom is 0.274 e. The fourth-order valence-electron chi connectivity index (χ4n) is 5.31. The summed E-state index contributed by atoms with van der Waals surface area (Å²) in [5.74, 6) is 1.53. The van der Waals surface area contributed by atoms with E-state index in [1.807, 2.05) is 42.5 Å². The molecule has 2 amide bonds. The Kier molecular flexibility index (Phi) is 9.96. The molecule has 222 valence electrons. The molecular formula is C31H37N5O6. The summed E-state index contributed by atoms with van der Waals surface area (Å²) in [4.78, 5) is 38.6. The Bertz CT molecular complexity index is 1360. The van der Waals surface area contributed by atoms with E-state index in [0.29, 0.717) is 63.1 Å². The fraction of sp³-hybridized carbons (Fsp3) is 0.419. The summed E-state index contributed by atoms with van der Waals surface area (Å²) >= 11 is 0. The predicted molar refractivity (Wildman–Crippen MR) is 154 cm³/mol. The molecule has 1 saturated heterocycles. The lowest BCUT2D eigenvalue weighted by Gasteiger charge is -2.39. The summed E-state index contributed by atoms with van der Waals surface area (Å²) in [6, 6.07) is 13.1. The lowest BCUT2D eigenvalue weighted by Crippen LogP contribution is -2.58. The van der Waals surface area contributed by atoms with Gasteiger partial charge in [-0.15, -0.1) is 0 Å². The van der Waals surface area contributed by atoms with Gasteiger partial charge in [0.15, 0.2) is 11.5 Å². The van der Waals surface area contributed by atoms with Crippen molar-refractivity contribution < 1.29 is 28.5 Å². The maximum atomic E-state index is 13.5. The minimum absolute atomic E-state index is 0.140. The van der Waals surface area contributed by atoms with Crippen LogP contribution in [0.2, 0.25) is 0 Å². The molecule has 0 aliphatic carbocycles. The number of hydrogen-bond acceptors (Lipinski definition) is 9. The number of carbonyl (C=O) groups is 2. The highest BCUT2D eigenvalue weighted by Gasteiger charge is 2.34. The number of carbonyl (C=O) groups excluding carboxylic acids is 2. The fourth-order valence-corrected chi connectivity index (χ4v) is 5.31. The van der Waals surface area contributed by atoms with Crippen molar-refractivity contribution in [1.82, 2.24) is 25.1 Å². The molecule has 1 N–H and O–H groups in total. The Labute approximate surface area is 245 Å². The molecule has 2 atom stereocenters. The number of nitrogens with zero attached hydrogens (tertiary/aromatic N) is 4. The predicted octanol–water partition coefficient (Wildman–Crippen LogP) is 3.05. The number of nitrogens with one attached hydrogen (secondary N) is 1. The van der Waals surface area contributed by atoms with Crippen LogP contribution in [0, 0.1) is 0 Å². The Morgan fingerprint density at radius 2 is 2.02 bits per heavy atom. The third kappa shape index (κ3) is 7.61. The van der Waals surface area contributed by atoms with Crippen LogP contribution in [0.5, 0.6) is 17.2 Å². The number of aromatic nitrogens is 2. The number of rotatable bonds is 6. The van der Waals surface area contributed by atoms with Gasteiger partial charge in [0.25, 0.3) is 5.91 Å². The zero-order valence-electron chi connectivity index (χ0n) is 24.0. The highest BCUT2D eigenvalue weighted by molar-refractivity contribution is 5.92. The molecule has 3 aromatic rings. The van der Waals surface area contributed by atoms with Gasteiger partial charge in [-0.3, -0.25) is 19.5 Å². The van der Waals surface area contributed by atoms with Crippen LogP contribution in [-0.2, 0) is 27.4 Å². The van der Waals surface area contributed by atoms with Crippen LogP contribution >= 0.6 is 0 Å². The highest BCUT2D eigenvalue weighted by Crippen LogP contribution is 2.33. The van der Waals surface area contributed by atoms with Crippen LogP contribution in [0.15, 0.2) is 61.1 Å². The first-order valence-electron chi connectivity index (χ1n) is 14.1. The van der Waals surface area contributed by atoms with E-state index in [9.17, 15) is 9.59 Å². The van der Waals surface area contributed by atoms with E-state index in [4.69, 9.17) is 18.9 Å². The first-order chi connectivity index (χ1) is 20.5. The van der Waals surface area contributed by atoms with Crippen molar-refractivity contribution in [3.8, 4) is 17.2 Å². The number of ether oxygens (including phenoxy) is 4. The summed E-state index contributed by atoms with van der Waals surface area (Å²) < 4.78 is 23.5. The van der Waals surface area contributed by atoms with Gasteiger partial charge >= 0.3 is 0 Å². The summed E-state index contributed by atoms with van der Waals surface area (Å²) in [5.41, 5.74) is 2.19. The Balaban J connectivity index is 1.42. The molecule has 0 radical (unpaired) electrons. The minimum Gasteiger partial charge on any atom is -0.493 e. The van der Waals surface area contributed by atoms with Gasteiger partial charge in [0.1, 0.15) is 11.4 Å². The SMILES string of the molecule is COCCCN1CC(=O)N[C@H]2CN(C(=O)c3cnccn3)CC[C@H]2OCc2cccc(c2)Oc2cc(ccc2OC)C1. The summed E-state index contributed by atoms with van der Waals surface area (Å²) in [5, 5.41) is 3.18. The van der Waals surface area contributed by atoms with Gasteiger partial charge in [-0.05, 0) is 48.2 Å². The molecule has 1 aromatic heterocycles. The van der Waals surface area contributed by atoms with Gasteiger partial charge < -0.3 is 29.2 Å². The Morgan fingerprint density at radius 1 is 1.12 bits per heavy atom. The van der Waals surface area contributed by atoms with E-state index in [1.165, 1.54) is 18.6 Å². The smallest absolute Gasteiger partial charge is 0.274 e. The van der Waals surface area contributed by atoms with E-state index < -0.39 is 6.04 Å². The monoisotopic (exact) mass is 575 g/mol. The summed E-state index contributed by atoms with van der Waals surface area (Å²) in [6.07, 6.45) is 5.54. The van der Waals surface area contributed by atoms with Crippen LogP contribution in [-0.4, -0.2) is 90.7 Å². The van der Waals surface area contributed by atoms with Gasteiger partial charge in [0, 0.05) is 52.3 Å². The standard InChI is InChI=1S/C31H37N5O6/c1-39-14-4-12-35-18-22-7-8-28(40-2)29(16-22)42-24-6-3-5-23(15-24)21-41-27-9-13-36(19-26(27)34-30(37)20-35)31(38)25-17-32-10-11-33-25/h3,5-8,10-11,15-17,26-27H,4,9,12-14,18-21H2,1-2H3,(H,34,37)/t26-,27+/m0/s1. The quantitative estimate of drug-likeness (QED) is 0.443. The maximum absolute atomic E-state index is 13.5. The molecular weight excluding hydrogens is 538 g/mol. The molecule has 0 saturated carbocycles. The number of amides is 2. The lowest BCUT2D eigenvalue weighted by molar-refractivity contribution is -0.125. The molecule has 42 heavy (non-hydrogen) atoms. The summed E-state index contributed by atoms with van der Waals surface area (Å²) in [6.45, 7) is 3.06. The topological polar surface area (TPSA) is 115 Å². The number of piperidine rings is 1. The van der Waals surface area contributed by atoms with Crippen LogP contribution in [0.1, 0.15) is 34.5 Å². The normalized spacial score (nSPS) is 19.8. The van der Waals surface area contributed by atoms with E-state index >= 15 is 0 Å². The minimum atomic E-state index is -0.396. The first kappa shape index (κ1) is 29.4. The number of benzene rings is 2. The van der Waals surface area contributed by atoms with Crippen molar-refractivity contribution in [3.05, 3.63) is 77.9 Å². The zero-order valence-corrected chi connectivity index (χ0v) is 24.0. The number of fused-ring (bicyclic) bond motifs is 5. The Hall–Kier alpha value is -4.06. The average Bonchev–Trinajstić information content (AvgIpc) is 3.00. The molecule has 11 heteroatoms. The van der Waals surface area contributed by atoms with Crippen molar-refractivity contribution >= 4 is 11.8 Å². The Morgan fingerprint density at radius 3 is 2.83 bits per heavy atom. The first-order valence-corrected chi connectivity index (χ1v) is 14.1. The molecule has 2 aromatic carbocycles. The number of methoxy groups -OCH3 is 2. The molecule has 2 aliphatic rings. The number of likely N-dealkylation sites (tertiary alicyclic amines) is 1.